The zero-order valence-corrected chi connectivity index (χ0v) is 9.90. The lowest BCUT2D eigenvalue weighted by molar-refractivity contribution is 0.621. The van der Waals surface area contributed by atoms with E-state index in [9.17, 15) is 8.78 Å². The van der Waals surface area contributed by atoms with Crippen LogP contribution >= 0.6 is 0 Å². The third-order valence-electron chi connectivity index (χ3n) is 2.39. The molecule has 8 heteroatoms. The van der Waals surface area contributed by atoms with E-state index in [0.717, 1.165) is 12.4 Å². The van der Waals surface area contributed by atoms with Gasteiger partial charge in [0.25, 0.3) is 0 Å². The molecule has 0 fully saturated rings. The molecule has 0 amide bonds. The van der Waals surface area contributed by atoms with Crippen LogP contribution in [-0.2, 0) is 0 Å². The summed E-state index contributed by atoms with van der Waals surface area (Å²) >= 11 is 0. The molecule has 0 aromatic carbocycles. The van der Waals surface area contributed by atoms with E-state index in [1.54, 1.807) is 0 Å². The molecule has 0 unspecified atom stereocenters. The average Bonchev–Trinajstić information content (AvgIpc) is 2.49. The van der Waals surface area contributed by atoms with Gasteiger partial charge < -0.3 is 0 Å². The summed E-state index contributed by atoms with van der Waals surface area (Å²) in [6.45, 7) is 0. The Kier molecular flexibility index (Phi) is 3.04. The predicted octanol–water partition coefficient (Wildman–Crippen LogP) is 1.67. The predicted molar refractivity (Wildman–Crippen MR) is 64.0 cm³/mol. The van der Waals surface area contributed by atoms with Crippen LogP contribution in [0.3, 0.4) is 0 Å². The van der Waals surface area contributed by atoms with Crippen LogP contribution in [0.5, 0.6) is 0 Å². The second-order valence-corrected chi connectivity index (χ2v) is 3.77. The molecule has 0 N–H and O–H groups in total. The normalized spacial score (nSPS) is 10.5. The average molecular weight is 272 g/mol. The van der Waals surface area contributed by atoms with Crippen LogP contribution in [0, 0.1) is 11.6 Å². The van der Waals surface area contributed by atoms with Gasteiger partial charge in [-0.3, -0.25) is 0 Å². The Morgan fingerprint density at radius 3 is 1.30 bits per heavy atom. The van der Waals surface area contributed by atoms with Crippen LogP contribution in [0.25, 0.3) is 23.0 Å². The third kappa shape index (κ3) is 2.44. The van der Waals surface area contributed by atoms with Crippen molar-refractivity contribution < 1.29 is 8.78 Å². The second-order valence-electron chi connectivity index (χ2n) is 3.77. The molecule has 3 rings (SSSR count). The summed E-state index contributed by atoms with van der Waals surface area (Å²) < 4.78 is 25.5. The van der Waals surface area contributed by atoms with Gasteiger partial charge in [0.2, 0.25) is 11.6 Å². The van der Waals surface area contributed by atoms with Gasteiger partial charge in [0.15, 0.2) is 0 Å². The summed E-state index contributed by atoms with van der Waals surface area (Å²) in [7, 11) is 0. The highest BCUT2D eigenvalue weighted by molar-refractivity contribution is 5.50. The molecule has 0 atom stereocenters. The maximum atomic E-state index is 12.7. The SMILES string of the molecule is Fc1ccc(-c2nnc(-c3ccc(F)cn3)nn2)nc1. The first-order chi connectivity index (χ1) is 9.72. The Bertz CT molecular complexity index is 648. The topological polar surface area (TPSA) is 77.3 Å². The minimum Gasteiger partial charge on any atom is -0.250 e. The van der Waals surface area contributed by atoms with Crippen molar-refractivity contribution in [3.8, 4) is 23.0 Å². The van der Waals surface area contributed by atoms with Crippen LogP contribution in [0.4, 0.5) is 8.78 Å². The van der Waals surface area contributed by atoms with E-state index < -0.39 is 11.6 Å². The second kappa shape index (κ2) is 5.00. The lowest BCUT2D eigenvalue weighted by Crippen LogP contribution is -2.01. The van der Waals surface area contributed by atoms with Gasteiger partial charge in [0.05, 0.1) is 12.4 Å². The number of halogens is 2. The number of pyridine rings is 2. The maximum Gasteiger partial charge on any atom is 0.221 e. The van der Waals surface area contributed by atoms with E-state index in [-0.39, 0.29) is 11.6 Å². The van der Waals surface area contributed by atoms with Gasteiger partial charge in [-0.15, -0.1) is 20.4 Å². The van der Waals surface area contributed by atoms with Crippen molar-refractivity contribution in [2.24, 2.45) is 0 Å². The Hall–Kier alpha value is -2.90. The molecule has 0 saturated carbocycles. The standard InChI is InChI=1S/C12H6F2N6/c13-7-1-3-9(15-5-7)11-17-19-12(20-18-11)10-4-2-8(14)6-16-10/h1-6H. The fraction of sp³-hybridized carbons (Fsp3) is 0. The van der Waals surface area contributed by atoms with Crippen molar-refractivity contribution in [1.82, 2.24) is 30.4 Å². The smallest absolute Gasteiger partial charge is 0.221 e. The molecule has 6 nitrogen and oxygen atoms in total. The van der Waals surface area contributed by atoms with Gasteiger partial charge >= 0.3 is 0 Å². The summed E-state index contributed by atoms with van der Waals surface area (Å²) in [6, 6.07) is 5.32. The van der Waals surface area contributed by atoms with Crippen molar-refractivity contribution in [1.29, 1.82) is 0 Å². The van der Waals surface area contributed by atoms with Crippen LogP contribution < -0.4 is 0 Å². The lowest BCUT2D eigenvalue weighted by atomic mass is 10.3. The van der Waals surface area contributed by atoms with Gasteiger partial charge in [0.1, 0.15) is 23.0 Å². The zero-order valence-electron chi connectivity index (χ0n) is 9.90. The molecule has 3 aromatic rings. The van der Waals surface area contributed by atoms with Crippen molar-refractivity contribution in [2.45, 2.75) is 0 Å². The molecule has 3 aromatic heterocycles. The number of hydrogen-bond acceptors (Lipinski definition) is 6. The van der Waals surface area contributed by atoms with Gasteiger partial charge in [-0.05, 0) is 24.3 Å². The summed E-state index contributed by atoms with van der Waals surface area (Å²) in [5.74, 6) is -0.588. The Morgan fingerprint density at radius 1 is 0.600 bits per heavy atom. The molecule has 0 aliphatic heterocycles. The van der Waals surface area contributed by atoms with Crippen LogP contribution in [0.2, 0.25) is 0 Å². The highest BCUT2D eigenvalue weighted by Gasteiger charge is 2.08. The molecule has 98 valence electrons. The molecule has 0 bridgehead atoms. The van der Waals surface area contributed by atoms with Gasteiger partial charge in [-0.1, -0.05) is 0 Å². The third-order valence-corrected chi connectivity index (χ3v) is 2.39. The Morgan fingerprint density at radius 2 is 1.00 bits per heavy atom. The Balaban J connectivity index is 1.91. The van der Waals surface area contributed by atoms with E-state index in [0.29, 0.717) is 11.4 Å². The lowest BCUT2D eigenvalue weighted by Gasteiger charge is -1.99. The summed E-state index contributed by atoms with van der Waals surface area (Å²) in [4.78, 5) is 7.63. The number of rotatable bonds is 2. The van der Waals surface area contributed by atoms with Crippen molar-refractivity contribution in [2.75, 3.05) is 0 Å². The molecule has 0 radical (unpaired) electrons. The summed E-state index contributed by atoms with van der Waals surface area (Å²) in [5, 5.41) is 15.3. The van der Waals surface area contributed by atoms with Crippen LogP contribution in [0.15, 0.2) is 36.7 Å². The molecule has 0 saturated heterocycles. The molecular formula is C12H6F2N6. The largest absolute Gasteiger partial charge is 0.250 e. The Labute approximate surface area is 111 Å². The molecule has 3 heterocycles. The van der Waals surface area contributed by atoms with Crippen molar-refractivity contribution >= 4 is 0 Å². The van der Waals surface area contributed by atoms with E-state index in [1.807, 2.05) is 0 Å². The van der Waals surface area contributed by atoms with Gasteiger partial charge in [-0.2, -0.15) is 0 Å². The van der Waals surface area contributed by atoms with Crippen LogP contribution in [0.1, 0.15) is 0 Å². The molecule has 0 aliphatic rings. The van der Waals surface area contributed by atoms with Gasteiger partial charge in [0, 0.05) is 0 Å². The van der Waals surface area contributed by atoms with E-state index in [4.69, 9.17) is 0 Å². The first-order valence-corrected chi connectivity index (χ1v) is 5.53. The molecule has 0 aliphatic carbocycles. The number of nitrogens with zero attached hydrogens (tertiary/aromatic N) is 6. The highest BCUT2D eigenvalue weighted by Crippen LogP contribution is 2.13. The summed E-state index contributed by atoms with van der Waals surface area (Å²) in [5.41, 5.74) is 0.704. The minimum absolute atomic E-state index is 0.163. The van der Waals surface area contributed by atoms with E-state index >= 15 is 0 Å². The molecule has 0 spiro atoms. The monoisotopic (exact) mass is 272 g/mol. The van der Waals surface area contributed by atoms with Crippen molar-refractivity contribution in [3.63, 3.8) is 0 Å². The fourth-order valence-electron chi connectivity index (χ4n) is 1.45. The fourth-order valence-corrected chi connectivity index (χ4v) is 1.45. The van der Waals surface area contributed by atoms with Crippen molar-refractivity contribution in [3.05, 3.63) is 48.3 Å². The quantitative estimate of drug-likeness (QED) is 0.706. The van der Waals surface area contributed by atoms with Gasteiger partial charge in [-0.25, -0.2) is 18.7 Å². The van der Waals surface area contributed by atoms with E-state index in [2.05, 4.69) is 30.4 Å². The van der Waals surface area contributed by atoms with E-state index in [1.165, 1.54) is 24.3 Å². The summed E-state index contributed by atoms with van der Waals surface area (Å²) in [6.07, 6.45) is 2.10. The number of aromatic nitrogens is 6. The molecular weight excluding hydrogens is 266 g/mol. The number of hydrogen-bond donors (Lipinski definition) is 0. The van der Waals surface area contributed by atoms with Crippen LogP contribution in [-0.4, -0.2) is 30.4 Å². The zero-order chi connectivity index (χ0) is 13.9. The first kappa shape index (κ1) is 12.2. The minimum atomic E-state index is -0.457. The maximum absolute atomic E-state index is 12.7. The molecule has 20 heavy (non-hydrogen) atoms. The first-order valence-electron chi connectivity index (χ1n) is 5.53. The highest BCUT2D eigenvalue weighted by atomic mass is 19.1.